The zero-order valence-electron chi connectivity index (χ0n) is 23.9. The smallest absolute Gasteiger partial charge is 0.240 e. The molecular formula is C29H46N6O4S. The first-order chi connectivity index (χ1) is 19.2. The molecule has 10 nitrogen and oxygen atoms in total. The van der Waals surface area contributed by atoms with Gasteiger partial charge in [0.2, 0.25) is 17.7 Å². The van der Waals surface area contributed by atoms with Gasteiger partial charge in [-0.05, 0) is 63.3 Å². The maximum absolute atomic E-state index is 12.5. The summed E-state index contributed by atoms with van der Waals surface area (Å²) in [6.45, 7) is 5.39. The predicted octanol–water partition coefficient (Wildman–Crippen LogP) is 1.50. The Bertz CT molecular complexity index is 991. The number of methoxy groups -OCH3 is 1. The van der Waals surface area contributed by atoms with E-state index in [-0.39, 0.29) is 18.4 Å². The molecule has 0 spiro atoms. The van der Waals surface area contributed by atoms with E-state index in [9.17, 15) is 14.4 Å². The summed E-state index contributed by atoms with van der Waals surface area (Å²) < 4.78 is 5.17. The highest BCUT2D eigenvalue weighted by molar-refractivity contribution is 8.00. The summed E-state index contributed by atoms with van der Waals surface area (Å²) in [4.78, 5) is 38.5. The van der Waals surface area contributed by atoms with Gasteiger partial charge in [-0.1, -0.05) is 25.1 Å². The van der Waals surface area contributed by atoms with Crippen molar-refractivity contribution in [1.29, 1.82) is 0 Å². The van der Waals surface area contributed by atoms with Crippen molar-refractivity contribution in [3.8, 4) is 5.75 Å². The molecule has 3 amide bonds. The average molecular weight is 575 g/mol. The van der Waals surface area contributed by atoms with Crippen molar-refractivity contribution in [3.05, 3.63) is 42.2 Å². The summed E-state index contributed by atoms with van der Waals surface area (Å²) in [7, 11) is 3.51. The van der Waals surface area contributed by atoms with Crippen molar-refractivity contribution in [2.45, 2.75) is 74.7 Å². The molecule has 0 saturated carbocycles. The lowest BCUT2D eigenvalue weighted by molar-refractivity contribution is -0.128. The van der Waals surface area contributed by atoms with Gasteiger partial charge in [-0.2, -0.15) is 11.8 Å². The van der Waals surface area contributed by atoms with E-state index in [1.807, 2.05) is 48.0 Å². The molecule has 0 aliphatic carbocycles. The van der Waals surface area contributed by atoms with Crippen LogP contribution in [0.3, 0.4) is 0 Å². The Hall–Kier alpha value is -2.92. The second kappa shape index (κ2) is 16.4. The number of fused-ring (bicyclic) bond motifs is 1. The van der Waals surface area contributed by atoms with E-state index in [2.05, 4.69) is 27.8 Å². The third kappa shape index (κ3) is 10.6. The van der Waals surface area contributed by atoms with Gasteiger partial charge in [0.1, 0.15) is 11.8 Å². The number of carbonyl (C=O) groups is 3. The van der Waals surface area contributed by atoms with E-state index in [0.29, 0.717) is 49.7 Å². The minimum Gasteiger partial charge on any atom is -0.497 e. The Morgan fingerprint density at radius 3 is 2.65 bits per heavy atom. The Kier molecular flexibility index (Phi) is 12.9. The molecular weight excluding hydrogens is 528 g/mol. The normalized spacial score (nSPS) is 20.4. The van der Waals surface area contributed by atoms with Gasteiger partial charge in [-0.3, -0.25) is 19.3 Å². The molecule has 2 saturated heterocycles. The molecule has 2 heterocycles. The Morgan fingerprint density at radius 1 is 1.15 bits per heavy atom. The van der Waals surface area contributed by atoms with Gasteiger partial charge >= 0.3 is 0 Å². The highest BCUT2D eigenvalue weighted by Crippen LogP contribution is 2.34. The predicted molar refractivity (Wildman–Crippen MR) is 160 cm³/mol. The van der Waals surface area contributed by atoms with Gasteiger partial charge in [0.05, 0.1) is 31.6 Å². The average Bonchev–Trinajstić information content (AvgIpc) is 3.48. The highest BCUT2D eigenvalue weighted by atomic mass is 32.2. The molecule has 1 aromatic rings. The number of ether oxygens (including phenoxy) is 1. The standard InChI is InChI=1S/C29H46N6O4S/c1-20-32-24-19-40-25(28(24)33-20)9-4-5-10-26(36)31-16-7-6-8-23(29(30)38)34-27(37)18-35(2)17-15-21-11-13-22(39-3)14-12-21/h11-14,23-25,28,32-33H,1,4-10,15-19H2,2-3H3,(H2,30,38)(H,31,36)(H,34,37)/t23-,24+,25?,28+/m0/s1. The monoisotopic (exact) mass is 574 g/mol. The van der Waals surface area contributed by atoms with Crippen LogP contribution in [0.15, 0.2) is 36.7 Å². The number of carbonyl (C=O) groups excluding carboxylic acids is 3. The number of hydrogen-bond acceptors (Lipinski definition) is 8. The minimum atomic E-state index is -0.715. The Labute approximate surface area is 242 Å². The fourth-order valence-corrected chi connectivity index (χ4v) is 6.67. The van der Waals surface area contributed by atoms with Crippen molar-refractivity contribution < 1.29 is 19.1 Å². The first-order valence-electron chi connectivity index (χ1n) is 14.3. The van der Waals surface area contributed by atoms with E-state index in [4.69, 9.17) is 10.5 Å². The van der Waals surface area contributed by atoms with Gasteiger partial charge in [0.25, 0.3) is 0 Å². The van der Waals surface area contributed by atoms with E-state index in [1.54, 1.807) is 7.11 Å². The van der Waals surface area contributed by atoms with E-state index in [0.717, 1.165) is 55.0 Å². The van der Waals surface area contributed by atoms with E-state index in [1.165, 1.54) is 0 Å². The number of benzene rings is 1. The summed E-state index contributed by atoms with van der Waals surface area (Å²) in [6, 6.07) is 8.06. The molecule has 2 aliphatic rings. The first kappa shape index (κ1) is 31.6. The number of nitrogens with zero attached hydrogens (tertiary/aromatic N) is 1. The van der Waals surface area contributed by atoms with Crippen molar-refractivity contribution >= 4 is 29.5 Å². The molecule has 6 N–H and O–H groups in total. The van der Waals surface area contributed by atoms with Crippen molar-refractivity contribution in [3.63, 3.8) is 0 Å². The fourth-order valence-electron chi connectivity index (χ4n) is 5.13. The number of primary amides is 1. The molecule has 40 heavy (non-hydrogen) atoms. The van der Waals surface area contributed by atoms with Crippen LogP contribution in [0.25, 0.3) is 0 Å². The second-order valence-electron chi connectivity index (χ2n) is 10.7. The molecule has 222 valence electrons. The highest BCUT2D eigenvalue weighted by Gasteiger charge is 2.40. The molecule has 0 aromatic heterocycles. The minimum absolute atomic E-state index is 0.0587. The maximum atomic E-state index is 12.5. The lowest BCUT2D eigenvalue weighted by Gasteiger charge is -2.20. The molecule has 4 atom stereocenters. The Balaban J connectivity index is 1.22. The number of thioether (sulfide) groups is 1. The van der Waals surface area contributed by atoms with Crippen LogP contribution in [0.1, 0.15) is 50.5 Å². The van der Waals surface area contributed by atoms with E-state index < -0.39 is 11.9 Å². The lowest BCUT2D eigenvalue weighted by Crippen LogP contribution is -2.47. The number of nitrogens with one attached hydrogen (secondary N) is 4. The largest absolute Gasteiger partial charge is 0.497 e. The molecule has 1 unspecified atom stereocenters. The molecule has 0 bridgehead atoms. The zero-order valence-corrected chi connectivity index (χ0v) is 24.7. The molecule has 0 radical (unpaired) electrons. The lowest BCUT2D eigenvalue weighted by atomic mass is 10.0. The molecule has 2 fully saturated rings. The summed E-state index contributed by atoms with van der Waals surface area (Å²) in [5.74, 6) is 2.12. The molecule has 3 rings (SSSR count). The van der Waals surface area contributed by atoms with Gasteiger partial charge in [0, 0.05) is 30.5 Å². The van der Waals surface area contributed by atoms with Crippen LogP contribution in [-0.4, -0.2) is 85.5 Å². The molecule has 11 heteroatoms. The quantitative estimate of drug-likeness (QED) is 0.166. The van der Waals surface area contributed by atoms with Crippen LogP contribution in [0.4, 0.5) is 0 Å². The topological polar surface area (TPSA) is 138 Å². The third-order valence-corrected chi connectivity index (χ3v) is 8.95. The zero-order chi connectivity index (χ0) is 28.9. The molecule has 1 aromatic carbocycles. The van der Waals surface area contributed by atoms with Gasteiger partial charge in [-0.25, -0.2) is 0 Å². The Morgan fingerprint density at radius 2 is 1.93 bits per heavy atom. The van der Waals surface area contributed by atoms with Crippen LogP contribution in [0.2, 0.25) is 0 Å². The third-order valence-electron chi connectivity index (χ3n) is 7.44. The van der Waals surface area contributed by atoms with E-state index >= 15 is 0 Å². The van der Waals surface area contributed by atoms with Crippen molar-refractivity contribution in [1.82, 2.24) is 26.2 Å². The first-order valence-corrected chi connectivity index (χ1v) is 15.3. The second-order valence-corrected chi connectivity index (χ2v) is 12.0. The van der Waals surface area contributed by atoms with Crippen molar-refractivity contribution in [2.75, 3.05) is 39.5 Å². The number of amides is 3. The summed E-state index contributed by atoms with van der Waals surface area (Å²) in [6.07, 6.45) is 6.16. The number of unbranched alkanes of at least 4 members (excludes halogenated alkanes) is 2. The molecule has 2 aliphatic heterocycles. The fraction of sp³-hybridized carbons (Fsp3) is 0.621. The number of nitrogens with two attached hydrogens (primary N) is 1. The van der Waals surface area contributed by atoms with Crippen LogP contribution >= 0.6 is 11.8 Å². The van der Waals surface area contributed by atoms with Gasteiger partial charge in [-0.15, -0.1) is 0 Å². The van der Waals surface area contributed by atoms with Crippen LogP contribution in [0.5, 0.6) is 5.75 Å². The number of hydrogen-bond donors (Lipinski definition) is 5. The van der Waals surface area contributed by atoms with Crippen LogP contribution in [-0.2, 0) is 20.8 Å². The number of rotatable bonds is 18. The summed E-state index contributed by atoms with van der Waals surface area (Å²) >= 11 is 2.00. The summed E-state index contributed by atoms with van der Waals surface area (Å²) in [5.41, 5.74) is 6.68. The van der Waals surface area contributed by atoms with Crippen molar-refractivity contribution in [2.24, 2.45) is 5.73 Å². The maximum Gasteiger partial charge on any atom is 0.240 e. The van der Waals surface area contributed by atoms with Gasteiger partial charge < -0.3 is 31.7 Å². The SMILES string of the molecule is C=C1N[C@@H]2CSC(CCCCC(=O)NCCCC[C@H](NC(=O)CN(C)CCc3ccc(OC)cc3)C(N)=O)[C@@H]2N1. The van der Waals surface area contributed by atoms with Crippen LogP contribution in [0, 0.1) is 0 Å². The van der Waals surface area contributed by atoms with Crippen LogP contribution < -0.4 is 31.7 Å². The summed E-state index contributed by atoms with van der Waals surface area (Å²) in [5, 5.41) is 13.1. The number of likely N-dealkylation sites (N-methyl/N-ethyl adjacent to an activating group) is 1. The van der Waals surface area contributed by atoms with Gasteiger partial charge in [0.15, 0.2) is 0 Å².